The zero-order valence-electron chi connectivity index (χ0n) is 14.7. The van der Waals surface area contributed by atoms with Gasteiger partial charge in [0, 0.05) is 23.7 Å². The van der Waals surface area contributed by atoms with Crippen LogP contribution in [0.3, 0.4) is 0 Å². The molecule has 4 rings (SSSR count). The molecular formula is C19H17N3O5. The molecule has 1 saturated carbocycles. The Bertz CT molecular complexity index is 998. The Kier molecular flexibility index (Phi) is 4.00. The highest BCUT2D eigenvalue weighted by atomic mass is 16.6. The van der Waals surface area contributed by atoms with Gasteiger partial charge in [0.1, 0.15) is 19.3 Å². The minimum absolute atomic E-state index is 0.00376. The van der Waals surface area contributed by atoms with Gasteiger partial charge in [0.25, 0.3) is 0 Å². The van der Waals surface area contributed by atoms with Crippen molar-refractivity contribution >= 4 is 17.4 Å². The number of carbonyl (C=O) groups is 2. The molecule has 8 heteroatoms. The Morgan fingerprint density at radius 2 is 1.93 bits per heavy atom. The van der Waals surface area contributed by atoms with Crippen molar-refractivity contribution in [2.75, 3.05) is 26.1 Å². The van der Waals surface area contributed by atoms with Crippen molar-refractivity contribution in [3.05, 3.63) is 35.2 Å². The molecular weight excluding hydrogens is 350 g/mol. The minimum Gasteiger partial charge on any atom is -0.486 e. The molecule has 2 aliphatic rings. The zero-order valence-corrected chi connectivity index (χ0v) is 14.7. The first kappa shape index (κ1) is 17.0. The summed E-state index contributed by atoms with van der Waals surface area (Å²) in [7, 11) is 1.23. The Balaban J connectivity index is 1.97. The van der Waals surface area contributed by atoms with Crippen molar-refractivity contribution in [1.82, 2.24) is 4.57 Å². The second kappa shape index (κ2) is 6.36. The van der Waals surface area contributed by atoms with Gasteiger partial charge < -0.3 is 24.5 Å². The number of nitrogen functional groups attached to an aromatic ring is 1. The van der Waals surface area contributed by atoms with Gasteiger partial charge in [-0.1, -0.05) is 0 Å². The number of esters is 1. The Hall–Kier alpha value is -3.47. The third-order valence-corrected chi connectivity index (χ3v) is 4.68. The Morgan fingerprint density at radius 1 is 1.26 bits per heavy atom. The summed E-state index contributed by atoms with van der Waals surface area (Å²) < 4.78 is 17.5. The normalized spacial score (nSPS) is 15.1. The highest BCUT2D eigenvalue weighted by Gasteiger charge is 2.34. The predicted molar refractivity (Wildman–Crippen MR) is 94.3 cm³/mol. The summed E-state index contributed by atoms with van der Waals surface area (Å²) in [5.41, 5.74) is 6.90. The number of benzene rings is 1. The first-order valence-corrected chi connectivity index (χ1v) is 8.52. The van der Waals surface area contributed by atoms with Gasteiger partial charge in [-0.15, -0.1) is 0 Å². The molecule has 0 spiro atoms. The molecule has 1 aromatic heterocycles. The van der Waals surface area contributed by atoms with Crippen LogP contribution in [0, 0.1) is 17.2 Å². The van der Waals surface area contributed by atoms with Crippen LogP contribution in [0.5, 0.6) is 11.5 Å². The molecule has 2 heterocycles. The molecule has 138 valence electrons. The fourth-order valence-electron chi connectivity index (χ4n) is 3.14. The number of carbonyl (C=O) groups excluding carboxylic acids is 2. The summed E-state index contributed by atoms with van der Waals surface area (Å²) in [6.45, 7) is 0.773. The highest BCUT2D eigenvalue weighted by molar-refractivity contribution is 6.04. The second-order valence-corrected chi connectivity index (χ2v) is 6.43. The van der Waals surface area contributed by atoms with Crippen molar-refractivity contribution in [2.45, 2.75) is 12.8 Å². The molecule has 0 bridgehead atoms. The Morgan fingerprint density at radius 3 is 2.52 bits per heavy atom. The van der Waals surface area contributed by atoms with Gasteiger partial charge in [0.05, 0.1) is 24.0 Å². The molecule has 0 unspecified atom stereocenters. The van der Waals surface area contributed by atoms with E-state index in [1.54, 1.807) is 12.1 Å². The third kappa shape index (κ3) is 2.77. The van der Waals surface area contributed by atoms with Gasteiger partial charge in [-0.2, -0.15) is 5.26 Å². The van der Waals surface area contributed by atoms with E-state index in [4.69, 9.17) is 19.9 Å². The van der Waals surface area contributed by atoms with Gasteiger partial charge in [0.2, 0.25) is 0 Å². The largest absolute Gasteiger partial charge is 0.486 e. The van der Waals surface area contributed by atoms with Crippen LogP contribution in [0.25, 0.3) is 5.69 Å². The molecule has 0 saturated heterocycles. The molecule has 0 atom stereocenters. The topological polar surface area (TPSA) is 117 Å². The fourth-order valence-corrected chi connectivity index (χ4v) is 3.14. The van der Waals surface area contributed by atoms with Crippen LogP contribution in [0.4, 0.5) is 5.69 Å². The monoisotopic (exact) mass is 367 g/mol. The van der Waals surface area contributed by atoms with Gasteiger partial charge in [0.15, 0.2) is 23.0 Å². The lowest BCUT2D eigenvalue weighted by Gasteiger charge is -2.22. The van der Waals surface area contributed by atoms with Gasteiger partial charge in [-0.3, -0.25) is 4.79 Å². The van der Waals surface area contributed by atoms with Crippen molar-refractivity contribution in [1.29, 1.82) is 5.26 Å². The molecule has 2 N–H and O–H groups in total. The number of nitrogens with two attached hydrogens (primary N) is 1. The van der Waals surface area contributed by atoms with E-state index >= 15 is 0 Å². The summed E-state index contributed by atoms with van der Waals surface area (Å²) in [6.07, 6.45) is 3.08. The summed E-state index contributed by atoms with van der Waals surface area (Å²) in [5.74, 6) is 0.160. The summed E-state index contributed by atoms with van der Waals surface area (Å²) >= 11 is 0. The SMILES string of the molecule is COC(=O)c1c(N)c(C#N)cn1-c1cc2c(cc1C(=O)C1CC1)OCCO2. The number of rotatable bonds is 4. The summed E-state index contributed by atoms with van der Waals surface area (Å²) in [5, 5.41) is 9.32. The van der Waals surface area contributed by atoms with Crippen molar-refractivity contribution in [3.8, 4) is 23.3 Å². The average molecular weight is 367 g/mol. The quantitative estimate of drug-likeness (QED) is 0.649. The van der Waals surface area contributed by atoms with Crippen LogP contribution in [0.2, 0.25) is 0 Å². The number of aromatic nitrogens is 1. The van der Waals surface area contributed by atoms with E-state index < -0.39 is 5.97 Å². The van der Waals surface area contributed by atoms with Crippen LogP contribution in [-0.4, -0.2) is 36.6 Å². The van der Waals surface area contributed by atoms with Gasteiger partial charge in [-0.25, -0.2) is 4.79 Å². The first-order valence-electron chi connectivity index (χ1n) is 8.52. The van der Waals surface area contributed by atoms with Crippen molar-refractivity contribution in [3.63, 3.8) is 0 Å². The molecule has 0 radical (unpaired) electrons. The number of ether oxygens (including phenoxy) is 3. The van der Waals surface area contributed by atoms with E-state index in [1.807, 2.05) is 6.07 Å². The fraction of sp³-hybridized carbons (Fsp3) is 0.316. The maximum atomic E-state index is 12.9. The number of Topliss-reactive ketones (excluding diaryl/α,β-unsaturated/α-hetero) is 1. The lowest BCUT2D eigenvalue weighted by Crippen LogP contribution is -2.19. The Labute approximate surface area is 155 Å². The number of methoxy groups -OCH3 is 1. The van der Waals surface area contributed by atoms with E-state index in [9.17, 15) is 14.9 Å². The molecule has 1 fully saturated rings. The molecule has 1 aliphatic carbocycles. The van der Waals surface area contributed by atoms with E-state index in [-0.39, 0.29) is 28.6 Å². The van der Waals surface area contributed by atoms with Crippen LogP contribution in [-0.2, 0) is 4.74 Å². The molecule has 8 nitrogen and oxygen atoms in total. The summed E-state index contributed by atoms with van der Waals surface area (Å²) in [6, 6.07) is 5.23. The average Bonchev–Trinajstić information content (AvgIpc) is 3.49. The van der Waals surface area contributed by atoms with E-state index in [0.29, 0.717) is 36.0 Å². The molecule has 2 aromatic rings. The smallest absolute Gasteiger partial charge is 0.357 e. The number of fused-ring (bicyclic) bond motifs is 1. The number of nitriles is 1. The third-order valence-electron chi connectivity index (χ3n) is 4.68. The predicted octanol–water partition coefficient (Wildman–Crippen LogP) is 2.08. The number of ketones is 1. The number of anilines is 1. The van der Waals surface area contributed by atoms with E-state index in [0.717, 1.165) is 12.8 Å². The van der Waals surface area contributed by atoms with Crippen LogP contribution >= 0.6 is 0 Å². The number of hydrogen-bond acceptors (Lipinski definition) is 7. The number of hydrogen-bond donors (Lipinski definition) is 1. The van der Waals surface area contributed by atoms with E-state index in [2.05, 4.69) is 0 Å². The molecule has 1 aliphatic heterocycles. The van der Waals surface area contributed by atoms with Crippen LogP contribution in [0.15, 0.2) is 18.3 Å². The van der Waals surface area contributed by atoms with E-state index in [1.165, 1.54) is 17.9 Å². The molecule has 0 amide bonds. The highest BCUT2D eigenvalue weighted by Crippen LogP contribution is 2.40. The minimum atomic E-state index is -0.700. The lowest BCUT2D eigenvalue weighted by molar-refractivity contribution is 0.0592. The maximum Gasteiger partial charge on any atom is 0.357 e. The maximum absolute atomic E-state index is 12.9. The van der Waals surface area contributed by atoms with Gasteiger partial charge in [-0.05, 0) is 18.9 Å². The zero-order chi connectivity index (χ0) is 19.1. The van der Waals surface area contributed by atoms with Crippen LogP contribution < -0.4 is 15.2 Å². The van der Waals surface area contributed by atoms with Crippen molar-refractivity contribution < 1.29 is 23.8 Å². The van der Waals surface area contributed by atoms with Crippen LogP contribution in [0.1, 0.15) is 39.3 Å². The van der Waals surface area contributed by atoms with Gasteiger partial charge >= 0.3 is 5.97 Å². The number of nitrogens with zero attached hydrogens (tertiary/aromatic N) is 2. The second-order valence-electron chi connectivity index (χ2n) is 6.43. The lowest BCUT2D eigenvalue weighted by atomic mass is 10.0. The van der Waals surface area contributed by atoms with Crippen molar-refractivity contribution in [2.24, 2.45) is 5.92 Å². The first-order chi connectivity index (χ1) is 13.0. The summed E-state index contributed by atoms with van der Waals surface area (Å²) in [4.78, 5) is 25.2. The molecule has 27 heavy (non-hydrogen) atoms. The molecule has 1 aromatic carbocycles. The standard InChI is InChI=1S/C19H17N3O5/c1-25-19(24)17-16(21)11(8-20)9-22(17)13-7-15-14(26-4-5-27-15)6-12(13)18(23)10-2-3-10/h6-7,9-10H,2-5,21H2,1H3.